The van der Waals surface area contributed by atoms with Crippen LogP contribution in [0.3, 0.4) is 0 Å². The van der Waals surface area contributed by atoms with Crippen molar-refractivity contribution in [2.24, 2.45) is 11.8 Å². The van der Waals surface area contributed by atoms with Crippen molar-refractivity contribution in [1.29, 1.82) is 0 Å². The quantitative estimate of drug-likeness (QED) is 0.374. The Bertz CT molecular complexity index is 1210. The molecule has 0 amide bonds. The minimum absolute atomic E-state index is 0.162. The zero-order chi connectivity index (χ0) is 23.8. The third-order valence-corrected chi connectivity index (χ3v) is 7.81. The van der Waals surface area contributed by atoms with Gasteiger partial charge in [-0.1, -0.05) is 29.8 Å². The van der Waals surface area contributed by atoms with Crippen molar-refractivity contribution in [3.05, 3.63) is 58.7 Å². The fourth-order valence-electron chi connectivity index (χ4n) is 5.26. The Morgan fingerprint density at radius 3 is 2.41 bits per heavy atom. The third-order valence-electron chi connectivity index (χ3n) is 7.41. The summed E-state index contributed by atoms with van der Waals surface area (Å²) in [6.07, 6.45) is 8.49. The number of fused-ring (bicyclic) bond motifs is 1. The van der Waals surface area contributed by atoms with Crippen molar-refractivity contribution in [2.75, 3.05) is 26.0 Å². The zero-order valence-corrected chi connectivity index (χ0v) is 21.2. The number of ketones is 1. The molecule has 0 bridgehead atoms. The van der Waals surface area contributed by atoms with Gasteiger partial charge in [0.2, 0.25) is 0 Å². The first-order chi connectivity index (χ1) is 16.4. The number of carbonyl (C=O) groups excluding carboxylic acids is 1. The van der Waals surface area contributed by atoms with Gasteiger partial charge in [-0.2, -0.15) is 0 Å². The van der Waals surface area contributed by atoms with E-state index in [1.54, 1.807) is 6.20 Å². The standard InChI is InChI=1S/C29H34ClN3O/c1-18-4-7-22(15-26(18)30)21-10-13-27-24(14-21)28(25(16-31-27)29(34)20-8-9-20)32-23-11-5-19(6-12-23)17-33(2)3/h4,7,10,13-16,19-20,23H,5-6,8-9,11-12,17H2,1-3H3,(H,31,32)/t19-,23-. The lowest BCUT2D eigenvalue weighted by molar-refractivity contribution is 0.0968. The number of carbonyl (C=O) groups is 1. The zero-order valence-electron chi connectivity index (χ0n) is 20.4. The molecule has 1 heterocycles. The van der Waals surface area contributed by atoms with Gasteiger partial charge in [0, 0.05) is 35.1 Å². The highest BCUT2D eigenvalue weighted by Crippen LogP contribution is 2.39. The second-order valence-corrected chi connectivity index (χ2v) is 10.9. The van der Waals surface area contributed by atoms with E-state index in [-0.39, 0.29) is 11.7 Å². The Hall–Kier alpha value is -2.43. The predicted molar refractivity (Wildman–Crippen MR) is 142 cm³/mol. The first kappa shape index (κ1) is 23.3. The molecule has 2 aromatic carbocycles. The molecule has 0 saturated heterocycles. The number of pyridine rings is 1. The molecule has 1 aromatic heterocycles. The van der Waals surface area contributed by atoms with E-state index in [0.717, 1.165) is 82.0 Å². The van der Waals surface area contributed by atoms with E-state index in [1.165, 1.54) is 12.8 Å². The van der Waals surface area contributed by atoms with E-state index in [9.17, 15) is 4.79 Å². The Morgan fingerprint density at radius 2 is 1.74 bits per heavy atom. The average Bonchev–Trinajstić information content (AvgIpc) is 3.67. The van der Waals surface area contributed by atoms with Gasteiger partial charge in [0.05, 0.1) is 16.8 Å². The van der Waals surface area contributed by atoms with E-state index < -0.39 is 0 Å². The van der Waals surface area contributed by atoms with Crippen molar-refractivity contribution < 1.29 is 4.79 Å². The van der Waals surface area contributed by atoms with Crippen molar-refractivity contribution in [3.8, 4) is 11.1 Å². The predicted octanol–water partition coefficient (Wildman–Crippen LogP) is 6.99. The summed E-state index contributed by atoms with van der Waals surface area (Å²) in [6.45, 7) is 3.17. The Kier molecular flexibility index (Phi) is 6.63. The monoisotopic (exact) mass is 475 g/mol. The van der Waals surface area contributed by atoms with Crippen LogP contribution >= 0.6 is 11.6 Å². The number of rotatable bonds is 7. The molecule has 2 aliphatic rings. The number of benzene rings is 2. The molecule has 4 nitrogen and oxygen atoms in total. The van der Waals surface area contributed by atoms with Crippen LogP contribution in [0.15, 0.2) is 42.6 Å². The summed E-state index contributed by atoms with van der Waals surface area (Å²) in [5, 5.41) is 5.62. The molecular formula is C29H34ClN3O. The molecule has 1 N–H and O–H groups in total. The van der Waals surface area contributed by atoms with E-state index in [0.29, 0.717) is 6.04 Å². The van der Waals surface area contributed by atoms with Gasteiger partial charge >= 0.3 is 0 Å². The maximum absolute atomic E-state index is 13.2. The Labute approximate surface area is 207 Å². The third kappa shape index (κ3) is 4.99. The van der Waals surface area contributed by atoms with Crippen LogP contribution in [0.1, 0.15) is 54.4 Å². The van der Waals surface area contributed by atoms with Gasteiger partial charge in [-0.15, -0.1) is 0 Å². The highest BCUT2D eigenvalue weighted by Gasteiger charge is 2.33. The van der Waals surface area contributed by atoms with Gasteiger partial charge < -0.3 is 10.2 Å². The van der Waals surface area contributed by atoms with E-state index >= 15 is 0 Å². The molecule has 0 radical (unpaired) electrons. The number of nitrogens with zero attached hydrogens (tertiary/aromatic N) is 2. The van der Waals surface area contributed by atoms with Gasteiger partial charge in [0.25, 0.3) is 0 Å². The second kappa shape index (κ2) is 9.67. The topological polar surface area (TPSA) is 45.2 Å². The molecule has 34 heavy (non-hydrogen) atoms. The number of hydrogen-bond donors (Lipinski definition) is 1. The smallest absolute Gasteiger partial charge is 0.169 e. The molecule has 178 valence electrons. The number of nitrogens with one attached hydrogen (secondary N) is 1. The summed E-state index contributed by atoms with van der Waals surface area (Å²) in [4.78, 5) is 20.2. The largest absolute Gasteiger partial charge is 0.381 e. The molecule has 2 fully saturated rings. The number of hydrogen-bond acceptors (Lipinski definition) is 4. The van der Waals surface area contributed by atoms with E-state index in [2.05, 4.69) is 59.6 Å². The molecule has 0 unspecified atom stereocenters. The van der Waals surface area contributed by atoms with E-state index in [4.69, 9.17) is 11.6 Å². The summed E-state index contributed by atoms with van der Waals surface area (Å²) in [5.41, 5.74) is 5.87. The van der Waals surface area contributed by atoms with Gasteiger partial charge in [0.1, 0.15) is 0 Å². The summed E-state index contributed by atoms with van der Waals surface area (Å²) < 4.78 is 0. The van der Waals surface area contributed by atoms with Crippen LogP contribution in [0.4, 0.5) is 5.69 Å². The van der Waals surface area contributed by atoms with Crippen LogP contribution in [0.2, 0.25) is 5.02 Å². The number of anilines is 1. The van der Waals surface area contributed by atoms with Gasteiger partial charge in [-0.25, -0.2) is 0 Å². The maximum atomic E-state index is 13.2. The fourth-order valence-corrected chi connectivity index (χ4v) is 5.44. The molecule has 0 spiro atoms. The van der Waals surface area contributed by atoms with Crippen LogP contribution in [0.25, 0.3) is 22.0 Å². The van der Waals surface area contributed by atoms with Crippen molar-refractivity contribution >= 4 is 34.0 Å². The highest BCUT2D eigenvalue weighted by atomic mass is 35.5. The number of aromatic nitrogens is 1. The van der Waals surface area contributed by atoms with Crippen LogP contribution < -0.4 is 5.32 Å². The van der Waals surface area contributed by atoms with Crippen LogP contribution in [-0.2, 0) is 0 Å². The summed E-state index contributed by atoms with van der Waals surface area (Å²) in [5.74, 6) is 1.16. The molecule has 2 aliphatic carbocycles. The lowest BCUT2D eigenvalue weighted by atomic mass is 9.85. The number of halogens is 1. The van der Waals surface area contributed by atoms with Crippen molar-refractivity contribution in [2.45, 2.75) is 51.5 Å². The van der Waals surface area contributed by atoms with Crippen molar-refractivity contribution in [3.63, 3.8) is 0 Å². The molecule has 0 atom stereocenters. The maximum Gasteiger partial charge on any atom is 0.169 e. The van der Waals surface area contributed by atoms with Crippen LogP contribution in [-0.4, -0.2) is 42.3 Å². The molecule has 3 aromatic rings. The molecule has 0 aliphatic heterocycles. The normalized spacial score (nSPS) is 20.6. The minimum atomic E-state index is 0.162. The number of aryl methyl sites for hydroxylation is 1. The summed E-state index contributed by atoms with van der Waals surface area (Å²) >= 11 is 6.42. The summed E-state index contributed by atoms with van der Waals surface area (Å²) in [7, 11) is 4.31. The molecule has 5 heteroatoms. The lowest BCUT2D eigenvalue weighted by Gasteiger charge is -2.32. The van der Waals surface area contributed by atoms with E-state index in [1.807, 2.05) is 13.0 Å². The average molecular weight is 476 g/mol. The van der Waals surface area contributed by atoms with Gasteiger partial charge in [-0.05, 0) is 100 Å². The second-order valence-electron chi connectivity index (χ2n) is 10.5. The summed E-state index contributed by atoms with van der Waals surface area (Å²) in [6, 6.07) is 12.9. The van der Waals surface area contributed by atoms with Gasteiger partial charge in [0.15, 0.2) is 5.78 Å². The highest BCUT2D eigenvalue weighted by molar-refractivity contribution is 6.31. The fraction of sp³-hybridized carbons (Fsp3) is 0.448. The van der Waals surface area contributed by atoms with Gasteiger partial charge in [-0.3, -0.25) is 9.78 Å². The Morgan fingerprint density at radius 1 is 1.03 bits per heavy atom. The van der Waals surface area contributed by atoms with Crippen LogP contribution in [0, 0.1) is 18.8 Å². The molecule has 5 rings (SSSR count). The molecule has 2 saturated carbocycles. The lowest BCUT2D eigenvalue weighted by Crippen LogP contribution is -2.31. The first-order valence-electron chi connectivity index (χ1n) is 12.5. The minimum Gasteiger partial charge on any atom is -0.381 e. The van der Waals surface area contributed by atoms with Crippen molar-refractivity contribution in [1.82, 2.24) is 9.88 Å². The van der Waals surface area contributed by atoms with Crippen LogP contribution in [0.5, 0.6) is 0 Å². The SMILES string of the molecule is Cc1ccc(-c2ccc3ncc(C(=O)C4CC4)c(N[C@H]4CC[C@H](CN(C)C)CC4)c3c2)cc1Cl. The Balaban J connectivity index is 1.51. The first-order valence-corrected chi connectivity index (χ1v) is 12.9. The molecular weight excluding hydrogens is 442 g/mol. The number of Topliss-reactive ketones (excluding diaryl/α,β-unsaturated/α-hetero) is 1.